The molecule has 0 heterocycles. The Morgan fingerprint density at radius 1 is 1.15 bits per heavy atom. The second-order valence-corrected chi connectivity index (χ2v) is 5.93. The first kappa shape index (κ1) is 16.2. The van der Waals surface area contributed by atoms with E-state index in [4.69, 9.17) is 0 Å². The van der Waals surface area contributed by atoms with Gasteiger partial charge < -0.3 is 0 Å². The van der Waals surface area contributed by atoms with Gasteiger partial charge in [-0.3, -0.25) is 4.90 Å². The molecule has 0 spiro atoms. The van der Waals surface area contributed by atoms with Gasteiger partial charge >= 0.3 is 0 Å². The highest BCUT2D eigenvalue weighted by molar-refractivity contribution is 5.31. The molecule has 0 aliphatic heterocycles. The molecule has 0 aliphatic rings. The Kier molecular flexibility index (Phi) is 5.73. The van der Waals surface area contributed by atoms with Crippen LogP contribution in [-0.4, -0.2) is 18.0 Å². The molecule has 0 saturated heterocycles. The predicted octanol–water partition coefficient (Wildman–Crippen LogP) is 4.22. The molecule has 0 N–H and O–H groups in total. The summed E-state index contributed by atoms with van der Waals surface area (Å²) in [5.41, 5.74) is 2.42. The number of hydrogen-bond acceptors (Lipinski definition) is 2. The van der Waals surface area contributed by atoms with Crippen molar-refractivity contribution in [1.82, 2.24) is 4.90 Å². The maximum absolute atomic E-state index is 9.47. The second kappa shape index (κ2) is 7.07. The summed E-state index contributed by atoms with van der Waals surface area (Å²) in [4.78, 5) is 2.05. The van der Waals surface area contributed by atoms with E-state index < -0.39 is 0 Å². The van der Waals surface area contributed by atoms with Crippen LogP contribution in [-0.2, 0) is 5.41 Å². The lowest BCUT2D eigenvalue weighted by Gasteiger charge is -2.26. The highest BCUT2D eigenvalue weighted by atomic mass is 15.1. The molecule has 2 nitrogen and oxygen atoms in total. The van der Waals surface area contributed by atoms with Gasteiger partial charge in [-0.05, 0) is 16.5 Å². The highest BCUT2D eigenvalue weighted by Gasteiger charge is 2.19. The first-order valence-corrected chi connectivity index (χ1v) is 6.90. The van der Waals surface area contributed by atoms with Crippen molar-refractivity contribution in [2.45, 2.75) is 32.2 Å². The lowest BCUT2D eigenvalue weighted by atomic mass is 9.86. The Labute approximate surface area is 123 Å². The molecule has 0 radical (unpaired) electrons. The van der Waals surface area contributed by atoms with Crippen LogP contribution in [0.1, 0.15) is 37.9 Å². The van der Waals surface area contributed by atoms with Crippen LogP contribution < -0.4 is 0 Å². The minimum atomic E-state index is -0.264. The maximum atomic E-state index is 9.47. The predicted molar refractivity (Wildman–Crippen MR) is 85.5 cm³/mol. The summed E-state index contributed by atoms with van der Waals surface area (Å²) in [6.45, 7) is 15.4. The number of rotatable bonds is 6. The first-order valence-electron chi connectivity index (χ1n) is 6.90. The van der Waals surface area contributed by atoms with Crippen molar-refractivity contribution in [3.05, 3.63) is 60.7 Å². The van der Waals surface area contributed by atoms with Crippen LogP contribution in [0.5, 0.6) is 0 Å². The van der Waals surface area contributed by atoms with Crippen LogP contribution in [0, 0.1) is 11.3 Å². The van der Waals surface area contributed by atoms with Gasteiger partial charge in [0.25, 0.3) is 0 Å². The number of benzene rings is 1. The van der Waals surface area contributed by atoms with Crippen LogP contribution in [0.4, 0.5) is 0 Å². The van der Waals surface area contributed by atoms with Gasteiger partial charge in [-0.1, -0.05) is 57.2 Å². The molecule has 106 valence electrons. The Bertz CT molecular complexity index is 476. The van der Waals surface area contributed by atoms with E-state index in [9.17, 15) is 5.26 Å². The highest BCUT2D eigenvalue weighted by Crippen LogP contribution is 2.26. The van der Waals surface area contributed by atoms with E-state index in [0.29, 0.717) is 13.1 Å². The first-order chi connectivity index (χ1) is 9.43. The van der Waals surface area contributed by atoms with E-state index in [1.54, 1.807) is 0 Å². The fourth-order valence-corrected chi connectivity index (χ4v) is 2.15. The van der Waals surface area contributed by atoms with Gasteiger partial charge in [-0.2, -0.15) is 5.26 Å². The van der Waals surface area contributed by atoms with Crippen molar-refractivity contribution in [2.24, 2.45) is 0 Å². The van der Waals surface area contributed by atoms with E-state index in [2.05, 4.69) is 52.1 Å². The van der Waals surface area contributed by atoms with E-state index in [1.165, 1.54) is 5.56 Å². The van der Waals surface area contributed by atoms with Crippen molar-refractivity contribution in [3.8, 4) is 6.07 Å². The third-order valence-electron chi connectivity index (χ3n) is 3.31. The molecule has 2 heteroatoms. The minimum absolute atomic E-state index is 0.128. The van der Waals surface area contributed by atoms with Gasteiger partial charge in [0.2, 0.25) is 0 Å². The average Bonchev–Trinajstić information content (AvgIpc) is 2.39. The van der Waals surface area contributed by atoms with Crippen LogP contribution >= 0.6 is 0 Å². The van der Waals surface area contributed by atoms with Gasteiger partial charge in [0.05, 0.1) is 6.07 Å². The zero-order valence-electron chi connectivity index (χ0n) is 12.8. The second-order valence-electron chi connectivity index (χ2n) is 5.93. The summed E-state index contributed by atoms with van der Waals surface area (Å²) >= 11 is 0. The quantitative estimate of drug-likeness (QED) is 0.722. The molecule has 0 fully saturated rings. The van der Waals surface area contributed by atoms with E-state index in [-0.39, 0.29) is 11.5 Å². The molecular formula is C18H24N2. The van der Waals surface area contributed by atoms with Crippen LogP contribution in [0.25, 0.3) is 0 Å². The lowest BCUT2D eigenvalue weighted by molar-refractivity contribution is 0.291. The Morgan fingerprint density at radius 3 is 2.00 bits per heavy atom. The molecule has 0 aromatic heterocycles. The van der Waals surface area contributed by atoms with Crippen molar-refractivity contribution in [2.75, 3.05) is 13.1 Å². The number of nitriles is 1. The average molecular weight is 268 g/mol. The fourth-order valence-electron chi connectivity index (χ4n) is 2.15. The fraction of sp³-hybridized carbons (Fsp3) is 0.389. The van der Waals surface area contributed by atoms with E-state index in [1.807, 2.05) is 29.2 Å². The molecule has 0 bridgehead atoms. The smallest absolute Gasteiger partial charge is 0.124 e. The van der Waals surface area contributed by atoms with Crippen LogP contribution in [0.3, 0.4) is 0 Å². The third-order valence-corrected chi connectivity index (χ3v) is 3.31. The summed E-state index contributed by atoms with van der Waals surface area (Å²) in [7, 11) is 0. The largest absolute Gasteiger partial charge is 0.277 e. The monoisotopic (exact) mass is 268 g/mol. The standard InChI is InChI=1S/C18H24N2/c1-6-12-20(13-7-2)17(14-19)15-8-10-16(11-9-15)18(3,4)5/h6-11,17H,1-2,12-13H2,3-5H3. The molecule has 1 atom stereocenters. The van der Waals surface area contributed by atoms with Crippen LogP contribution in [0.15, 0.2) is 49.6 Å². The zero-order valence-corrected chi connectivity index (χ0v) is 12.8. The normalized spacial score (nSPS) is 12.8. The molecular weight excluding hydrogens is 244 g/mol. The molecule has 20 heavy (non-hydrogen) atoms. The van der Waals surface area contributed by atoms with Gasteiger partial charge in [-0.25, -0.2) is 0 Å². The van der Waals surface area contributed by atoms with Crippen molar-refractivity contribution in [3.63, 3.8) is 0 Å². The summed E-state index contributed by atoms with van der Waals surface area (Å²) < 4.78 is 0. The molecule has 1 aromatic rings. The molecule has 0 aliphatic carbocycles. The van der Waals surface area contributed by atoms with Crippen LogP contribution in [0.2, 0.25) is 0 Å². The van der Waals surface area contributed by atoms with E-state index in [0.717, 1.165) is 5.56 Å². The molecule has 1 unspecified atom stereocenters. The van der Waals surface area contributed by atoms with E-state index >= 15 is 0 Å². The maximum Gasteiger partial charge on any atom is 0.124 e. The summed E-state index contributed by atoms with van der Waals surface area (Å²) in [6, 6.07) is 10.4. The Morgan fingerprint density at radius 2 is 1.65 bits per heavy atom. The summed E-state index contributed by atoms with van der Waals surface area (Å²) in [5.74, 6) is 0. The molecule has 1 aromatic carbocycles. The Balaban J connectivity index is 3.03. The Hall–Kier alpha value is -1.85. The van der Waals surface area contributed by atoms with Gasteiger partial charge in [-0.15, -0.1) is 13.2 Å². The SMILES string of the molecule is C=CCN(CC=C)C(C#N)c1ccc(C(C)(C)C)cc1. The summed E-state index contributed by atoms with van der Waals surface area (Å²) in [6.07, 6.45) is 3.63. The number of hydrogen-bond donors (Lipinski definition) is 0. The summed E-state index contributed by atoms with van der Waals surface area (Å²) in [5, 5.41) is 9.47. The van der Waals surface area contributed by atoms with Crippen molar-refractivity contribution < 1.29 is 0 Å². The van der Waals surface area contributed by atoms with Crippen molar-refractivity contribution >= 4 is 0 Å². The molecule has 0 saturated carbocycles. The third kappa shape index (κ3) is 4.08. The van der Waals surface area contributed by atoms with Crippen molar-refractivity contribution in [1.29, 1.82) is 5.26 Å². The molecule has 0 amide bonds. The van der Waals surface area contributed by atoms with Gasteiger partial charge in [0.15, 0.2) is 0 Å². The minimum Gasteiger partial charge on any atom is -0.277 e. The lowest BCUT2D eigenvalue weighted by Crippen LogP contribution is -2.28. The van der Waals surface area contributed by atoms with Gasteiger partial charge in [0.1, 0.15) is 6.04 Å². The molecule has 1 rings (SSSR count). The zero-order chi connectivity index (χ0) is 15.2. The number of nitrogens with zero attached hydrogens (tertiary/aromatic N) is 2. The topological polar surface area (TPSA) is 27.0 Å². The van der Waals surface area contributed by atoms with Gasteiger partial charge in [0, 0.05) is 13.1 Å².